The molecule has 0 saturated carbocycles. The fourth-order valence-corrected chi connectivity index (χ4v) is 6.86. The third-order valence-corrected chi connectivity index (χ3v) is 9.00. The number of benzene rings is 6. The molecule has 0 amide bonds. The van der Waals surface area contributed by atoms with Crippen LogP contribution in [0.2, 0.25) is 0 Å². The van der Waals surface area contributed by atoms with Crippen LogP contribution in [-0.4, -0.2) is 4.98 Å². The molecule has 1 heterocycles. The quantitative estimate of drug-likeness (QED) is 0.225. The van der Waals surface area contributed by atoms with Gasteiger partial charge in [-0.3, -0.25) is 0 Å². The molecule has 2 heteroatoms. The van der Waals surface area contributed by atoms with Crippen LogP contribution in [0.5, 0.6) is 0 Å². The van der Waals surface area contributed by atoms with E-state index in [4.69, 9.17) is 0 Å². The van der Waals surface area contributed by atoms with Crippen molar-refractivity contribution >= 4 is 28.0 Å². The highest BCUT2D eigenvalue weighted by Gasteiger charge is 2.38. The van der Waals surface area contributed by atoms with Gasteiger partial charge in [-0.25, -0.2) is 0 Å². The standard InChI is InChI=1S/C41H32N2/c1-41(2)37-26-21-31(27-36(37)40-39(41)35-15-9-10-16-38(35)42-40)30-19-24-34(25-20-30)43(32-13-7-4-8-14-32)33-22-17-29(18-23-33)28-11-5-3-6-12-28/h3-27,42H,1-2H3. The minimum atomic E-state index is -0.0428. The smallest absolute Gasteiger partial charge is 0.0509 e. The second-order valence-electron chi connectivity index (χ2n) is 11.9. The van der Waals surface area contributed by atoms with E-state index < -0.39 is 0 Å². The van der Waals surface area contributed by atoms with Gasteiger partial charge in [-0.1, -0.05) is 117 Å². The molecule has 0 atom stereocenters. The van der Waals surface area contributed by atoms with E-state index in [-0.39, 0.29) is 5.41 Å². The molecule has 2 nitrogen and oxygen atoms in total. The van der Waals surface area contributed by atoms with Crippen LogP contribution in [0.3, 0.4) is 0 Å². The normalized spacial score (nSPS) is 13.1. The van der Waals surface area contributed by atoms with Gasteiger partial charge in [0, 0.05) is 38.9 Å². The summed E-state index contributed by atoms with van der Waals surface area (Å²) >= 11 is 0. The lowest BCUT2D eigenvalue weighted by Crippen LogP contribution is -2.14. The Bertz CT molecular complexity index is 2070. The number of hydrogen-bond acceptors (Lipinski definition) is 1. The van der Waals surface area contributed by atoms with Crippen molar-refractivity contribution in [2.45, 2.75) is 19.3 Å². The van der Waals surface area contributed by atoms with Crippen LogP contribution in [0.15, 0.2) is 152 Å². The van der Waals surface area contributed by atoms with E-state index >= 15 is 0 Å². The van der Waals surface area contributed by atoms with Gasteiger partial charge in [0.05, 0.1) is 5.69 Å². The summed E-state index contributed by atoms with van der Waals surface area (Å²) in [6.07, 6.45) is 0. The lowest BCUT2D eigenvalue weighted by molar-refractivity contribution is 0.667. The summed E-state index contributed by atoms with van der Waals surface area (Å²) in [6, 6.07) is 54.6. The van der Waals surface area contributed by atoms with Crippen LogP contribution in [0, 0.1) is 0 Å². The lowest BCUT2D eigenvalue weighted by atomic mass is 9.81. The average molecular weight is 553 g/mol. The zero-order chi connectivity index (χ0) is 29.0. The Labute approximate surface area is 252 Å². The number of para-hydroxylation sites is 2. The number of nitrogens with zero attached hydrogens (tertiary/aromatic N) is 1. The van der Waals surface area contributed by atoms with Gasteiger partial charge in [0.25, 0.3) is 0 Å². The molecule has 206 valence electrons. The maximum absolute atomic E-state index is 3.73. The Morgan fingerprint density at radius 3 is 1.67 bits per heavy atom. The molecule has 1 aromatic heterocycles. The van der Waals surface area contributed by atoms with Crippen LogP contribution in [0.25, 0.3) is 44.4 Å². The van der Waals surface area contributed by atoms with E-state index in [1.807, 2.05) is 0 Å². The van der Waals surface area contributed by atoms with Gasteiger partial charge < -0.3 is 9.88 Å². The van der Waals surface area contributed by atoms with E-state index in [9.17, 15) is 0 Å². The minimum absolute atomic E-state index is 0.0428. The summed E-state index contributed by atoms with van der Waals surface area (Å²) in [6.45, 7) is 4.69. The highest BCUT2D eigenvalue weighted by Crippen LogP contribution is 2.52. The molecule has 7 aromatic rings. The number of hydrogen-bond donors (Lipinski definition) is 1. The van der Waals surface area contributed by atoms with Gasteiger partial charge in [-0.15, -0.1) is 0 Å². The first-order valence-corrected chi connectivity index (χ1v) is 15.0. The molecule has 43 heavy (non-hydrogen) atoms. The van der Waals surface area contributed by atoms with E-state index in [1.165, 1.54) is 55.5 Å². The first-order valence-electron chi connectivity index (χ1n) is 15.0. The summed E-state index contributed by atoms with van der Waals surface area (Å²) < 4.78 is 0. The molecule has 0 aliphatic heterocycles. The summed E-state index contributed by atoms with van der Waals surface area (Å²) in [5.74, 6) is 0. The van der Waals surface area contributed by atoms with Crippen LogP contribution < -0.4 is 4.90 Å². The number of anilines is 3. The van der Waals surface area contributed by atoms with E-state index in [0.29, 0.717) is 0 Å². The van der Waals surface area contributed by atoms with Crippen molar-refractivity contribution in [2.75, 3.05) is 4.90 Å². The summed E-state index contributed by atoms with van der Waals surface area (Å²) in [4.78, 5) is 6.05. The highest BCUT2D eigenvalue weighted by molar-refractivity contribution is 5.97. The molecule has 6 aromatic carbocycles. The number of fused-ring (bicyclic) bond motifs is 5. The van der Waals surface area contributed by atoms with Crippen LogP contribution in [0.1, 0.15) is 25.0 Å². The Morgan fingerprint density at radius 2 is 1.00 bits per heavy atom. The summed E-state index contributed by atoms with van der Waals surface area (Å²) in [5, 5.41) is 1.32. The second-order valence-corrected chi connectivity index (χ2v) is 11.9. The van der Waals surface area contributed by atoms with Crippen molar-refractivity contribution in [1.82, 2.24) is 4.98 Å². The first kappa shape index (κ1) is 25.4. The van der Waals surface area contributed by atoms with Crippen molar-refractivity contribution in [3.8, 4) is 33.5 Å². The van der Waals surface area contributed by atoms with Crippen molar-refractivity contribution in [3.05, 3.63) is 163 Å². The largest absolute Gasteiger partial charge is 0.354 e. The van der Waals surface area contributed by atoms with Crippen molar-refractivity contribution in [2.24, 2.45) is 0 Å². The lowest BCUT2D eigenvalue weighted by Gasteiger charge is -2.26. The SMILES string of the molecule is CC1(C)c2ccc(-c3ccc(N(c4ccccc4)c4ccc(-c5ccccc5)cc4)cc3)cc2-c2[nH]c3ccccc3c21. The molecule has 0 bridgehead atoms. The number of nitrogens with one attached hydrogen (secondary N) is 1. The molecule has 0 saturated heterocycles. The van der Waals surface area contributed by atoms with Crippen LogP contribution in [0.4, 0.5) is 17.1 Å². The maximum atomic E-state index is 3.73. The number of aromatic amines is 1. The minimum Gasteiger partial charge on any atom is -0.354 e. The molecule has 1 N–H and O–H groups in total. The van der Waals surface area contributed by atoms with Gasteiger partial charge in [-0.2, -0.15) is 0 Å². The van der Waals surface area contributed by atoms with Gasteiger partial charge in [0.15, 0.2) is 0 Å². The number of H-pyrrole nitrogens is 1. The molecule has 0 radical (unpaired) electrons. The Hall–Kier alpha value is -5.34. The molecule has 0 spiro atoms. The van der Waals surface area contributed by atoms with Crippen molar-refractivity contribution in [3.63, 3.8) is 0 Å². The van der Waals surface area contributed by atoms with Gasteiger partial charge in [-0.05, 0) is 81.9 Å². The highest BCUT2D eigenvalue weighted by atomic mass is 15.1. The van der Waals surface area contributed by atoms with Gasteiger partial charge >= 0.3 is 0 Å². The summed E-state index contributed by atoms with van der Waals surface area (Å²) in [5.41, 5.74) is 14.8. The monoisotopic (exact) mass is 552 g/mol. The predicted octanol–water partition coefficient (Wildman–Crippen LogP) is 11.3. The second kappa shape index (κ2) is 9.89. The van der Waals surface area contributed by atoms with Gasteiger partial charge in [0.2, 0.25) is 0 Å². The van der Waals surface area contributed by atoms with E-state index in [1.54, 1.807) is 0 Å². The van der Waals surface area contributed by atoms with Gasteiger partial charge in [0.1, 0.15) is 0 Å². The molecule has 1 aliphatic carbocycles. The first-order chi connectivity index (χ1) is 21.1. The van der Waals surface area contributed by atoms with E-state index in [0.717, 1.165) is 17.1 Å². The third kappa shape index (κ3) is 4.18. The van der Waals surface area contributed by atoms with Crippen molar-refractivity contribution < 1.29 is 0 Å². The predicted molar refractivity (Wildman–Crippen MR) is 181 cm³/mol. The Balaban J connectivity index is 1.16. The Kier molecular flexibility index (Phi) is 5.84. The topological polar surface area (TPSA) is 19.0 Å². The van der Waals surface area contributed by atoms with E-state index in [2.05, 4.69) is 175 Å². The fraction of sp³-hybridized carbons (Fsp3) is 0.0732. The molecule has 0 fully saturated rings. The van der Waals surface area contributed by atoms with Crippen LogP contribution >= 0.6 is 0 Å². The average Bonchev–Trinajstić information content (AvgIpc) is 3.56. The fourth-order valence-electron chi connectivity index (χ4n) is 6.86. The molecular weight excluding hydrogens is 520 g/mol. The molecule has 1 aliphatic rings. The molecular formula is C41H32N2. The number of aromatic nitrogens is 1. The summed E-state index contributed by atoms with van der Waals surface area (Å²) in [7, 11) is 0. The maximum Gasteiger partial charge on any atom is 0.0509 e. The molecule has 0 unspecified atom stereocenters. The van der Waals surface area contributed by atoms with Crippen molar-refractivity contribution in [1.29, 1.82) is 0 Å². The number of rotatable bonds is 5. The Morgan fingerprint density at radius 1 is 0.488 bits per heavy atom. The zero-order valence-electron chi connectivity index (χ0n) is 24.4. The molecule has 8 rings (SSSR count). The third-order valence-electron chi connectivity index (χ3n) is 9.00. The van der Waals surface area contributed by atoms with Crippen LogP contribution in [-0.2, 0) is 5.41 Å². The zero-order valence-corrected chi connectivity index (χ0v) is 24.4.